The van der Waals surface area contributed by atoms with Crippen molar-refractivity contribution in [1.82, 2.24) is 0 Å². The fourth-order valence-corrected chi connectivity index (χ4v) is 2.47. The Kier molecular flexibility index (Phi) is 3.94. The zero-order chi connectivity index (χ0) is 12.1. The first-order valence-electron chi connectivity index (χ1n) is 5.40. The quantitative estimate of drug-likeness (QED) is 0.660. The Balaban J connectivity index is 2.09. The first-order valence-corrected chi connectivity index (χ1v) is 6.38. The van der Waals surface area contributed by atoms with E-state index in [1.54, 1.807) is 18.9 Å². The molecule has 88 valence electrons. The summed E-state index contributed by atoms with van der Waals surface area (Å²) >= 11 is 1.79. The molecule has 0 amide bonds. The maximum atomic E-state index is 5.72. The normalized spacial score (nSPS) is 10.2. The summed E-state index contributed by atoms with van der Waals surface area (Å²) in [6.07, 6.45) is 0. The number of rotatable bonds is 4. The Morgan fingerprint density at radius 3 is 2.59 bits per heavy atom. The maximum absolute atomic E-state index is 5.72. The van der Waals surface area contributed by atoms with Crippen molar-refractivity contribution in [2.24, 2.45) is 0 Å². The van der Waals surface area contributed by atoms with Gasteiger partial charge in [0.05, 0.1) is 7.11 Å². The fourth-order valence-electron chi connectivity index (χ4n) is 1.56. The van der Waals surface area contributed by atoms with Crippen LogP contribution in [0.3, 0.4) is 0 Å². The van der Waals surface area contributed by atoms with Gasteiger partial charge in [-0.2, -0.15) is 0 Å². The van der Waals surface area contributed by atoms with Crippen molar-refractivity contribution in [1.29, 1.82) is 0 Å². The minimum absolute atomic E-state index is 0.732. The third-order valence-electron chi connectivity index (χ3n) is 2.45. The van der Waals surface area contributed by atoms with Gasteiger partial charge in [0, 0.05) is 28.0 Å². The second-order valence-electron chi connectivity index (χ2n) is 3.67. The lowest BCUT2D eigenvalue weighted by Gasteiger charge is -2.09. The average molecular weight is 245 g/mol. The molecule has 0 fully saturated rings. The van der Waals surface area contributed by atoms with Crippen LogP contribution in [0.15, 0.2) is 53.4 Å². The number of nitrogens with two attached hydrogens (primary N) is 1. The Morgan fingerprint density at radius 2 is 1.88 bits per heavy atom. The SMILES string of the molecule is COc1cc(N)ccc1CSc1ccccc1. The highest BCUT2D eigenvalue weighted by Crippen LogP contribution is 2.29. The average Bonchev–Trinajstić information content (AvgIpc) is 2.38. The van der Waals surface area contributed by atoms with E-state index >= 15 is 0 Å². The summed E-state index contributed by atoms with van der Waals surface area (Å²) in [7, 11) is 1.67. The Hall–Kier alpha value is -1.61. The van der Waals surface area contributed by atoms with E-state index in [1.165, 1.54) is 4.90 Å². The lowest BCUT2D eigenvalue weighted by Crippen LogP contribution is -1.93. The predicted octanol–water partition coefficient (Wildman–Crippen LogP) is 3.57. The summed E-state index contributed by atoms with van der Waals surface area (Å²) in [5.74, 6) is 1.74. The van der Waals surface area contributed by atoms with Crippen molar-refractivity contribution >= 4 is 17.4 Å². The smallest absolute Gasteiger partial charge is 0.124 e. The summed E-state index contributed by atoms with van der Waals surface area (Å²) in [5.41, 5.74) is 7.62. The van der Waals surface area contributed by atoms with Gasteiger partial charge < -0.3 is 10.5 Å². The molecule has 0 aliphatic carbocycles. The Bertz CT molecular complexity index is 485. The Labute approximate surface area is 106 Å². The third kappa shape index (κ3) is 3.17. The lowest BCUT2D eigenvalue weighted by molar-refractivity contribution is 0.411. The highest BCUT2D eigenvalue weighted by molar-refractivity contribution is 7.98. The van der Waals surface area contributed by atoms with Crippen molar-refractivity contribution in [3.63, 3.8) is 0 Å². The minimum atomic E-state index is 0.732. The van der Waals surface area contributed by atoms with Gasteiger partial charge >= 0.3 is 0 Å². The molecule has 3 heteroatoms. The van der Waals surface area contributed by atoms with Crippen LogP contribution in [0.25, 0.3) is 0 Å². The van der Waals surface area contributed by atoms with Gasteiger partial charge in [-0.15, -0.1) is 11.8 Å². The van der Waals surface area contributed by atoms with Gasteiger partial charge in [-0.1, -0.05) is 24.3 Å². The molecule has 2 rings (SSSR count). The molecule has 0 unspecified atom stereocenters. The van der Waals surface area contributed by atoms with Crippen LogP contribution in [-0.2, 0) is 5.75 Å². The van der Waals surface area contributed by atoms with Crippen molar-refractivity contribution in [3.8, 4) is 5.75 Å². The molecule has 2 nitrogen and oxygen atoms in total. The number of methoxy groups -OCH3 is 1. The second-order valence-corrected chi connectivity index (χ2v) is 4.72. The van der Waals surface area contributed by atoms with Gasteiger partial charge in [0.25, 0.3) is 0 Å². The molecule has 17 heavy (non-hydrogen) atoms. The highest BCUT2D eigenvalue weighted by Gasteiger charge is 2.04. The van der Waals surface area contributed by atoms with Crippen LogP contribution in [0.1, 0.15) is 5.56 Å². The van der Waals surface area contributed by atoms with Crippen molar-refractivity contribution in [2.75, 3.05) is 12.8 Å². The molecule has 0 aliphatic rings. The van der Waals surface area contributed by atoms with E-state index in [4.69, 9.17) is 10.5 Å². The molecule has 0 heterocycles. The Morgan fingerprint density at radius 1 is 1.12 bits per heavy atom. The zero-order valence-electron chi connectivity index (χ0n) is 9.72. The first-order chi connectivity index (χ1) is 8.29. The molecule has 0 radical (unpaired) electrons. The van der Waals surface area contributed by atoms with Crippen LogP contribution in [0.2, 0.25) is 0 Å². The number of hydrogen-bond acceptors (Lipinski definition) is 3. The maximum Gasteiger partial charge on any atom is 0.124 e. The molecule has 0 aliphatic heterocycles. The fraction of sp³-hybridized carbons (Fsp3) is 0.143. The predicted molar refractivity (Wildman–Crippen MR) is 73.4 cm³/mol. The number of hydrogen-bond donors (Lipinski definition) is 1. The van der Waals surface area contributed by atoms with E-state index in [0.29, 0.717) is 0 Å². The molecule has 2 N–H and O–H groups in total. The van der Waals surface area contributed by atoms with Crippen molar-refractivity contribution in [2.45, 2.75) is 10.6 Å². The summed E-state index contributed by atoms with van der Waals surface area (Å²) in [6, 6.07) is 16.1. The molecule has 0 spiro atoms. The number of anilines is 1. The molecule has 2 aromatic rings. The number of nitrogen functional groups attached to an aromatic ring is 1. The van der Waals surface area contributed by atoms with Crippen LogP contribution in [0, 0.1) is 0 Å². The van der Waals surface area contributed by atoms with Crippen LogP contribution in [0.4, 0.5) is 5.69 Å². The van der Waals surface area contributed by atoms with Gasteiger partial charge in [-0.25, -0.2) is 0 Å². The van der Waals surface area contributed by atoms with E-state index in [0.717, 1.165) is 22.8 Å². The van der Waals surface area contributed by atoms with Crippen LogP contribution >= 0.6 is 11.8 Å². The molecular formula is C14H15NOS. The highest BCUT2D eigenvalue weighted by atomic mass is 32.2. The van der Waals surface area contributed by atoms with Gasteiger partial charge in [0.2, 0.25) is 0 Å². The van der Waals surface area contributed by atoms with Crippen molar-refractivity contribution < 1.29 is 4.74 Å². The van der Waals surface area contributed by atoms with Gasteiger partial charge in [-0.3, -0.25) is 0 Å². The second kappa shape index (κ2) is 5.64. The van der Waals surface area contributed by atoms with Gasteiger partial charge in [0.1, 0.15) is 5.75 Å². The molecule has 2 aromatic carbocycles. The monoisotopic (exact) mass is 245 g/mol. The van der Waals surface area contributed by atoms with E-state index in [-0.39, 0.29) is 0 Å². The van der Waals surface area contributed by atoms with E-state index < -0.39 is 0 Å². The van der Waals surface area contributed by atoms with Gasteiger partial charge in [0.15, 0.2) is 0 Å². The molecule has 0 saturated heterocycles. The molecule has 0 bridgehead atoms. The molecule has 0 aromatic heterocycles. The molecular weight excluding hydrogens is 230 g/mol. The van der Waals surface area contributed by atoms with Crippen LogP contribution in [0.5, 0.6) is 5.75 Å². The zero-order valence-corrected chi connectivity index (χ0v) is 10.5. The van der Waals surface area contributed by atoms with Crippen molar-refractivity contribution in [3.05, 3.63) is 54.1 Å². The lowest BCUT2D eigenvalue weighted by atomic mass is 10.2. The van der Waals surface area contributed by atoms with E-state index in [2.05, 4.69) is 12.1 Å². The summed E-state index contributed by atoms with van der Waals surface area (Å²) in [5, 5.41) is 0. The van der Waals surface area contributed by atoms with Gasteiger partial charge in [-0.05, 0) is 18.2 Å². The standard InChI is InChI=1S/C14H15NOS/c1-16-14-9-12(15)8-7-11(14)10-17-13-5-3-2-4-6-13/h2-9H,10,15H2,1H3. The van der Waals surface area contributed by atoms with Crippen LogP contribution in [-0.4, -0.2) is 7.11 Å². The molecule has 0 atom stereocenters. The summed E-state index contributed by atoms with van der Waals surface area (Å²) in [4.78, 5) is 1.26. The minimum Gasteiger partial charge on any atom is -0.496 e. The summed E-state index contributed by atoms with van der Waals surface area (Å²) < 4.78 is 5.32. The van der Waals surface area contributed by atoms with E-state index in [1.807, 2.05) is 36.4 Å². The summed E-state index contributed by atoms with van der Waals surface area (Å²) in [6.45, 7) is 0. The third-order valence-corrected chi connectivity index (χ3v) is 3.51. The largest absolute Gasteiger partial charge is 0.496 e. The first kappa shape index (κ1) is 11.9. The molecule has 0 saturated carbocycles. The van der Waals surface area contributed by atoms with E-state index in [9.17, 15) is 0 Å². The topological polar surface area (TPSA) is 35.2 Å². The number of thioether (sulfide) groups is 1. The number of ether oxygens (including phenoxy) is 1. The number of benzene rings is 2. The van der Waals surface area contributed by atoms with Crippen LogP contribution < -0.4 is 10.5 Å².